The molecule has 0 radical (unpaired) electrons. The van der Waals surface area contributed by atoms with Crippen molar-refractivity contribution in [1.82, 2.24) is 19.5 Å². The highest BCUT2D eigenvalue weighted by Crippen LogP contribution is 2.41. The average Bonchev–Trinajstić information content (AvgIpc) is 3.70. The zero-order valence-electron chi connectivity index (χ0n) is 17.4. The first-order valence-corrected chi connectivity index (χ1v) is 12.5. The molecule has 162 valence electrons. The number of Topliss-reactive ketones (excluding diaryl/α,β-unsaturated/α-hetero) is 1. The van der Waals surface area contributed by atoms with Crippen LogP contribution in [0.25, 0.3) is 21.1 Å². The average molecular weight is 465 g/mol. The zero-order chi connectivity index (χ0) is 22.0. The molecule has 2 fully saturated rings. The maximum Gasteiger partial charge on any atom is 0.330 e. The first-order chi connectivity index (χ1) is 15.5. The number of thiophene rings is 1. The van der Waals surface area contributed by atoms with E-state index < -0.39 is 11.2 Å². The van der Waals surface area contributed by atoms with Crippen molar-refractivity contribution in [1.29, 1.82) is 0 Å². The fraction of sp³-hybridized carbons (Fsp3) is 0.348. The molecule has 3 aromatic heterocycles. The third kappa shape index (κ3) is 3.31. The molecule has 0 spiro atoms. The van der Waals surface area contributed by atoms with E-state index in [-0.39, 0.29) is 23.5 Å². The summed E-state index contributed by atoms with van der Waals surface area (Å²) in [5.74, 6) is 1.12. The number of rotatable bonds is 6. The molecule has 1 aromatic carbocycles. The van der Waals surface area contributed by atoms with E-state index in [1.54, 1.807) is 4.57 Å². The number of hydrogen-bond acceptors (Lipinski definition) is 7. The Morgan fingerprint density at radius 1 is 1.19 bits per heavy atom. The van der Waals surface area contributed by atoms with Crippen LogP contribution in [0, 0.1) is 6.92 Å². The van der Waals surface area contributed by atoms with Crippen molar-refractivity contribution in [2.24, 2.45) is 0 Å². The quantitative estimate of drug-likeness (QED) is 0.261. The van der Waals surface area contributed by atoms with Crippen LogP contribution in [0.1, 0.15) is 58.7 Å². The van der Waals surface area contributed by atoms with Gasteiger partial charge in [-0.2, -0.15) is 0 Å². The summed E-state index contributed by atoms with van der Waals surface area (Å²) in [4.78, 5) is 50.8. The second-order valence-corrected chi connectivity index (χ2v) is 10.5. The molecule has 32 heavy (non-hydrogen) atoms. The van der Waals surface area contributed by atoms with Gasteiger partial charge in [-0.05, 0) is 49.6 Å². The molecule has 2 aliphatic carbocycles. The first-order valence-electron chi connectivity index (χ1n) is 10.7. The Bertz CT molecular complexity index is 1530. The Kier molecular flexibility index (Phi) is 4.58. The van der Waals surface area contributed by atoms with Crippen molar-refractivity contribution in [3.63, 3.8) is 0 Å². The number of thioether (sulfide) groups is 1. The predicted molar refractivity (Wildman–Crippen MR) is 126 cm³/mol. The van der Waals surface area contributed by atoms with Gasteiger partial charge in [-0.1, -0.05) is 30.0 Å². The van der Waals surface area contributed by atoms with Gasteiger partial charge >= 0.3 is 5.69 Å². The van der Waals surface area contributed by atoms with Gasteiger partial charge in [0, 0.05) is 16.7 Å². The van der Waals surface area contributed by atoms with E-state index in [4.69, 9.17) is 0 Å². The van der Waals surface area contributed by atoms with Crippen LogP contribution in [-0.4, -0.2) is 31.1 Å². The number of aryl methyl sites for hydroxylation is 1. The highest BCUT2D eigenvalue weighted by atomic mass is 32.2. The first kappa shape index (κ1) is 19.9. The van der Waals surface area contributed by atoms with Gasteiger partial charge in [-0.3, -0.25) is 19.1 Å². The van der Waals surface area contributed by atoms with Crippen LogP contribution in [-0.2, 0) is 0 Å². The second kappa shape index (κ2) is 7.38. The van der Waals surface area contributed by atoms with Crippen molar-refractivity contribution in [3.8, 4) is 0 Å². The number of aromatic amines is 1. The molecular weight excluding hydrogens is 444 g/mol. The maximum absolute atomic E-state index is 13.1. The molecule has 3 heterocycles. The number of H-pyrrole nitrogens is 1. The van der Waals surface area contributed by atoms with Crippen LogP contribution in [0.2, 0.25) is 0 Å². The number of carbonyl (C=O) groups excluding carboxylic acids is 1. The Morgan fingerprint density at radius 3 is 2.69 bits per heavy atom. The minimum Gasteiger partial charge on any atom is -0.292 e. The maximum atomic E-state index is 13.1. The van der Waals surface area contributed by atoms with Crippen molar-refractivity contribution in [3.05, 3.63) is 61.4 Å². The van der Waals surface area contributed by atoms with Crippen LogP contribution in [0.5, 0.6) is 0 Å². The fourth-order valence-corrected chi connectivity index (χ4v) is 6.21. The molecule has 0 aliphatic heterocycles. The van der Waals surface area contributed by atoms with Gasteiger partial charge < -0.3 is 0 Å². The van der Waals surface area contributed by atoms with E-state index in [0.717, 1.165) is 46.2 Å². The highest BCUT2D eigenvalue weighted by molar-refractivity contribution is 8.00. The van der Waals surface area contributed by atoms with E-state index in [1.807, 2.05) is 31.2 Å². The molecule has 4 aromatic rings. The summed E-state index contributed by atoms with van der Waals surface area (Å²) in [7, 11) is 0. The van der Waals surface area contributed by atoms with Crippen LogP contribution in [0.15, 0.2) is 38.9 Å². The minimum atomic E-state index is -0.489. The van der Waals surface area contributed by atoms with Gasteiger partial charge in [0.2, 0.25) is 0 Å². The topological polar surface area (TPSA) is 97.7 Å². The van der Waals surface area contributed by atoms with Gasteiger partial charge in [0.25, 0.3) is 5.56 Å². The monoisotopic (exact) mass is 464 g/mol. The number of ketones is 1. The van der Waals surface area contributed by atoms with E-state index in [0.29, 0.717) is 21.9 Å². The van der Waals surface area contributed by atoms with Crippen LogP contribution < -0.4 is 11.2 Å². The summed E-state index contributed by atoms with van der Waals surface area (Å²) in [5.41, 5.74) is 0.490. The van der Waals surface area contributed by atoms with Gasteiger partial charge in [0.15, 0.2) is 11.4 Å². The summed E-state index contributed by atoms with van der Waals surface area (Å²) in [6.07, 6.45) is 3.81. The number of carbonyl (C=O) groups is 1. The molecule has 2 saturated carbocycles. The van der Waals surface area contributed by atoms with Crippen LogP contribution in [0.3, 0.4) is 0 Å². The number of nitrogens with one attached hydrogen (secondary N) is 1. The number of benzene rings is 1. The van der Waals surface area contributed by atoms with Gasteiger partial charge in [0.05, 0.1) is 10.6 Å². The lowest BCUT2D eigenvalue weighted by atomic mass is 10.1. The van der Waals surface area contributed by atoms with E-state index in [1.165, 1.54) is 23.1 Å². The summed E-state index contributed by atoms with van der Waals surface area (Å²) < 4.78 is 2.69. The van der Waals surface area contributed by atoms with Crippen molar-refractivity contribution >= 4 is 50.0 Å². The van der Waals surface area contributed by atoms with Gasteiger partial charge in [0.1, 0.15) is 16.2 Å². The molecule has 6 rings (SSSR count). The molecule has 0 unspecified atom stereocenters. The predicted octanol–water partition coefficient (Wildman–Crippen LogP) is 4.19. The zero-order valence-corrected chi connectivity index (χ0v) is 19.0. The third-order valence-electron chi connectivity index (χ3n) is 6.06. The fourth-order valence-electron chi connectivity index (χ4n) is 4.07. The largest absolute Gasteiger partial charge is 0.330 e. The van der Waals surface area contributed by atoms with Crippen molar-refractivity contribution < 1.29 is 4.79 Å². The van der Waals surface area contributed by atoms with Crippen molar-refractivity contribution in [2.75, 3.05) is 5.75 Å². The Labute approximate surface area is 190 Å². The molecule has 0 bridgehead atoms. The molecular formula is C23H20N4O3S2. The van der Waals surface area contributed by atoms with Crippen LogP contribution in [0.4, 0.5) is 0 Å². The molecule has 2 aliphatic rings. The third-order valence-corrected chi connectivity index (χ3v) is 8.35. The minimum absolute atomic E-state index is 0.0142. The van der Waals surface area contributed by atoms with Gasteiger partial charge in [-0.25, -0.2) is 14.8 Å². The Morgan fingerprint density at radius 2 is 1.97 bits per heavy atom. The summed E-state index contributed by atoms with van der Waals surface area (Å²) in [5, 5.41) is 1.89. The van der Waals surface area contributed by atoms with Crippen molar-refractivity contribution in [2.45, 2.75) is 49.6 Å². The Balaban J connectivity index is 1.41. The Hall–Kier alpha value is -2.78. The highest BCUT2D eigenvalue weighted by Gasteiger charge is 2.32. The molecule has 0 atom stereocenters. The normalized spacial score (nSPS) is 16.2. The molecule has 9 heteroatoms. The number of fused-ring (bicyclic) bond motifs is 2. The van der Waals surface area contributed by atoms with E-state index >= 15 is 0 Å². The molecule has 7 nitrogen and oxygen atoms in total. The standard InChI is InChI=1S/C23H20N4O3S2/c1-11-14-4-2-3-5-16(14)32-18(11)15(28)10-31-22-17-20(24-19(25-22)12-6-7-12)27(13-8-9-13)23(30)26-21(17)29/h2-5,12-13H,6-10H2,1H3,(H,26,29,30). The van der Waals surface area contributed by atoms with E-state index in [2.05, 4.69) is 15.0 Å². The second-order valence-electron chi connectivity index (χ2n) is 8.48. The molecule has 1 N–H and O–H groups in total. The smallest absolute Gasteiger partial charge is 0.292 e. The summed E-state index contributed by atoms with van der Waals surface area (Å²) in [6.45, 7) is 1.97. The van der Waals surface area contributed by atoms with Crippen LogP contribution >= 0.6 is 23.1 Å². The summed E-state index contributed by atoms with van der Waals surface area (Å²) in [6, 6.07) is 8.07. The van der Waals surface area contributed by atoms with Gasteiger partial charge in [-0.15, -0.1) is 11.3 Å². The molecule has 0 saturated heterocycles. The lowest BCUT2D eigenvalue weighted by molar-refractivity contribution is 0.102. The molecule has 0 amide bonds. The lowest BCUT2D eigenvalue weighted by Gasteiger charge is -2.11. The van der Waals surface area contributed by atoms with E-state index in [9.17, 15) is 14.4 Å². The lowest BCUT2D eigenvalue weighted by Crippen LogP contribution is -2.31. The number of nitrogens with zero attached hydrogens (tertiary/aromatic N) is 3. The number of aromatic nitrogens is 4. The SMILES string of the molecule is Cc1c(C(=O)CSc2nc(C3CC3)nc3c2c(=O)[nH]c(=O)n3C2CC2)sc2ccccc12. The number of hydrogen-bond donors (Lipinski definition) is 1. The summed E-state index contributed by atoms with van der Waals surface area (Å²) >= 11 is 2.76.